The number of nitrogens with zero attached hydrogens (tertiary/aromatic N) is 2. The molecule has 3 rings (SSSR count). The summed E-state index contributed by atoms with van der Waals surface area (Å²) in [5.74, 6) is 0.618. The minimum Gasteiger partial charge on any atom is -0.460 e. The third-order valence-electron chi connectivity index (χ3n) is 4.27. The molecule has 2 aliphatic rings. The van der Waals surface area contributed by atoms with E-state index in [1.165, 1.54) is 0 Å². The molecule has 2 heterocycles. The molecule has 1 aliphatic carbocycles. The van der Waals surface area contributed by atoms with E-state index >= 15 is 0 Å². The zero-order chi connectivity index (χ0) is 14.8. The molecule has 0 radical (unpaired) electrons. The van der Waals surface area contributed by atoms with Gasteiger partial charge in [-0.2, -0.15) is 0 Å². The first-order chi connectivity index (χ1) is 10.2. The van der Waals surface area contributed by atoms with Crippen LogP contribution in [-0.2, 0) is 22.4 Å². The zero-order valence-corrected chi connectivity index (χ0v) is 12.3. The lowest BCUT2D eigenvalue weighted by Crippen LogP contribution is -2.25. The van der Waals surface area contributed by atoms with Gasteiger partial charge in [0.15, 0.2) is 5.69 Å². The number of esters is 1. The Morgan fingerprint density at radius 1 is 1.43 bits per heavy atom. The Balaban J connectivity index is 1.58. The van der Waals surface area contributed by atoms with Crippen LogP contribution < -0.4 is 0 Å². The van der Waals surface area contributed by atoms with Crippen molar-refractivity contribution < 1.29 is 18.8 Å². The molecule has 1 fully saturated rings. The van der Waals surface area contributed by atoms with E-state index < -0.39 is 5.97 Å². The fourth-order valence-electron chi connectivity index (χ4n) is 3.08. The predicted molar refractivity (Wildman–Crippen MR) is 73.8 cm³/mol. The largest absolute Gasteiger partial charge is 0.460 e. The van der Waals surface area contributed by atoms with Gasteiger partial charge in [0.2, 0.25) is 5.91 Å². The second-order valence-corrected chi connectivity index (χ2v) is 5.74. The van der Waals surface area contributed by atoms with Gasteiger partial charge in [-0.25, -0.2) is 4.79 Å². The van der Waals surface area contributed by atoms with Crippen LogP contribution in [0.4, 0.5) is 0 Å². The van der Waals surface area contributed by atoms with Crippen LogP contribution >= 0.6 is 0 Å². The molecule has 1 unspecified atom stereocenters. The molecule has 1 atom stereocenters. The van der Waals surface area contributed by atoms with E-state index in [0.717, 1.165) is 37.0 Å². The zero-order valence-electron chi connectivity index (χ0n) is 12.3. The summed E-state index contributed by atoms with van der Waals surface area (Å²) in [6.07, 6.45) is 4.26. The topological polar surface area (TPSA) is 72.6 Å². The van der Waals surface area contributed by atoms with E-state index in [1.54, 1.807) is 4.90 Å². The van der Waals surface area contributed by atoms with Crippen LogP contribution in [-0.4, -0.2) is 41.6 Å². The maximum Gasteiger partial charge on any atom is 0.360 e. The number of carbonyl (C=O) groups is 2. The molecule has 0 spiro atoms. The highest BCUT2D eigenvalue weighted by molar-refractivity contribution is 5.89. The minimum absolute atomic E-state index is 0.0872. The molecule has 0 saturated carbocycles. The van der Waals surface area contributed by atoms with Gasteiger partial charge in [-0.1, -0.05) is 5.16 Å². The number of aromatic nitrogens is 1. The Morgan fingerprint density at radius 2 is 2.24 bits per heavy atom. The Hall–Kier alpha value is -1.85. The number of fused-ring (bicyclic) bond motifs is 1. The lowest BCUT2D eigenvalue weighted by atomic mass is 9.96. The summed E-state index contributed by atoms with van der Waals surface area (Å²) in [6, 6.07) is 0. The molecule has 1 aromatic heterocycles. The number of carbonyl (C=O) groups excluding carboxylic acids is 2. The third kappa shape index (κ3) is 2.80. The van der Waals surface area contributed by atoms with Crippen molar-refractivity contribution in [1.29, 1.82) is 0 Å². The van der Waals surface area contributed by atoms with Gasteiger partial charge in [0.25, 0.3) is 0 Å². The Bertz CT molecular complexity index is 552. The van der Waals surface area contributed by atoms with Crippen molar-refractivity contribution in [3.63, 3.8) is 0 Å². The molecule has 1 amide bonds. The summed E-state index contributed by atoms with van der Waals surface area (Å²) in [6.45, 7) is 3.59. The van der Waals surface area contributed by atoms with Crippen molar-refractivity contribution in [3.05, 3.63) is 17.0 Å². The standard InChI is InChI=1S/C15H20N2O4/c1-2-17-8-10(7-13(17)18)9-20-15(19)14-11-5-3-4-6-12(11)21-16-14/h10H,2-9H2,1H3. The molecule has 0 aromatic carbocycles. The normalized spacial score (nSPS) is 21.5. The van der Waals surface area contributed by atoms with Gasteiger partial charge in [0, 0.05) is 37.4 Å². The van der Waals surface area contributed by atoms with Gasteiger partial charge in [-0.15, -0.1) is 0 Å². The molecule has 6 nitrogen and oxygen atoms in total. The minimum atomic E-state index is -0.427. The van der Waals surface area contributed by atoms with Crippen molar-refractivity contribution in [2.75, 3.05) is 19.7 Å². The monoisotopic (exact) mass is 292 g/mol. The Labute approximate surface area is 123 Å². The maximum atomic E-state index is 12.1. The van der Waals surface area contributed by atoms with Crippen LogP contribution in [0.3, 0.4) is 0 Å². The molecular formula is C15H20N2O4. The van der Waals surface area contributed by atoms with Crippen LogP contribution in [0.25, 0.3) is 0 Å². The Kier molecular flexibility index (Phi) is 3.94. The maximum absolute atomic E-state index is 12.1. The quantitative estimate of drug-likeness (QED) is 0.788. The second kappa shape index (κ2) is 5.87. The van der Waals surface area contributed by atoms with Crippen molar-refractivity contribution in [2.45, 2.75) is 39.0 Å². The number of ether oxygens (including phenoxy) is 1. The highest BCUT2D eigenvalue weighted by atomic mass is 16.5. The van der Waals surface area contributed by atoms with E-state index in [-0.39, 0.29) is 18.4 Å². The molecule has 114 valence electrons. The third-order valence-corrected chi connectivity index (χ3v) is 4.27. The summed E-state index contributed by atoms with van der Waals surface area (Å²) in [7, 11) is 0. The fraction of sp³-hybridized carbons (Fsp3) is 0.667. The van der Waals surface area contributed by atoms with Crippen LogP contribution in [0, 0.1) is 5.92 Å². The van der Waals surface area contributed by atoms with E-state index in [0.29, 0.717) is 25.2 Å². The van der Waals surface area contributed by atoms with Crippen LogP contribution in [0.15, 0.2) is 4.52 Å². The van der Waals surface area contributed by atoms with Gasteiger partial charge < -0.3 is 14.2 Å². The van der Waals surface area contributed by atoms with E-state index in [1.807, 2.05) is 6.92 Å². The highest BCUT2D eigenvalue weighted by Crippen LogP contribution is 2.25. The smallest absolute Gasteiger partial charge is 0.360 e. The number of hydrogen-bond acceptors (Lipinski definition) is 5. The van der Waals surface area contributed by atoms with E-state index in [2.05, 4.69) is 5.16 Å². The molecular weight excluding hydrogens is 272 g/mol. The molecule has 21 heavy (non-hydrogen) atoms. The summed E-state index contributed by atoms with van der Waals surface area (Å²) >= 11 is 0. The molecule has 1 aliphatic heterocycles. The van der Waals surface area contributed by atoms with Crippen LogP contribution in [0.1, 0.15) is 48.0 Å². The van der Waals surface area contributed by atoms with Gasteiger partial charge >= 0.3 is 5.97 Å². The fourth-order valence-corrected chi connectivity index (χ4v) is 3.08. The lowest BCUT2D eigenvalue weighted by molar-refractivity contribution is -0.127. The summed E-state index contributed by atoms with van der Waals surface area (Å²) in [5.41, 5.74) is 1.23. The van der Waals surface area contributed by atoms with Gasteiger partial charge in [-0.05, 0) is 26.2 Å². The summed E-state index contributed by atoms with van der Waals surface area (Å²) < 4.78 is 10.6. The summed E-state index contributed by atoms with van der Waals surface area (Å²) in [4.78, 5) is 25.6. The van der Waals surface area contributed by atoms with Gasteiger partial charge in [0.1, 0.15) is 5.76 Å². The highest BCUT2D eigenvalue weighted by Gasteiger charge is 2.30. The Morgan fingerprint density at radius 3 is 3.00 bits per heavy atom. The second-order valence-electron chi connectivity index (χ2n) is 5.74. The SMILES string of the molecule is CCN1CC(COC(=O)c2noc3c2CCCC3)CC1=O. The van der Waals surface area contributed by atoms with Crippen molar-refractivity contribution >= 4 is 11.9 Å². The van der Waals surface area contributed by atoms with Gasteiger partial charge in [0.05, 0.1) is 6.61 Å². The average Bonchev–Trinajstić information content (AvgIpc) is 3.08. The van der Waals surface area contributed by atoms with Gasteiger partial charge in [-0.3, -0.25) is 4.79 Å². The predicted octanol–water partition coefficient (Wildman–Crippen LogP) is 1.58. The van der Waals surface area contributed by atoms with E-state index in [4.69, 9.17) is 9.26 Å². The van der Waals surface area contributed by atoms with Crippen molar-refractivity contribution in [2.24, 2.45) is 5.92 Å². The van der Waals surface area contributed by atoms with E-state index in [9.17, 15) is 9.59 Å². The number of likely N-dealkylation sites (tertiary alicyclic amines) is 1. The lowest BCUT2D eigenvalue weighted by Gasteiger charge is -2.13. The first kappa shape index (κ1) is 14.1. The number of rotatable bonds is 4. The average molecular weight is 292 g/mol. The van der Waals surface area contributed by atoms with Crippen molar-refractivity contribution in [1.82, 2.24) is 10.1 Å². The number of amides is 1. The number of aryl methyl sites for hydroxylation is 1. The first-order valence-corrected chi connectivity index (χ1v) is 7.61. The molecule has 0 N–H and O–H groups in total. The van der Waals surface area contributed by atoms with Crippen molar-refractivity contribution in [3.8, 4) is 0 Å². The van der Waals surface area contributed by atoms with Crippen LogP contribution in [0.2, 0.25) is 0 Å². The van der Waals surface area contributed by atoms with Crippen LogP contribution in [0.5, 0.6) is 0 Å². The first-order valence-electron chi connectivity index (χ1n) is 7.61. The summed E-state index contributed by atoms with van der Waals surface area (Å²) in [5, 5.41) is 3.86. The molecule has 1 saturated heterocycles. The molecule has 6 heteroatoms. The number of hydrogen-bond donors (Lipinski definition) is 0. The molecule has 0 bridgehead atoms. The molecule has 1 aromatic rings.